The second-order valence-electron chi connectivity index (χ2n) is 6.25. The van der Waals surface area contributed by atoms with Crippen molar-refractivity contribution in [2.75, 3.05) is 11.1 Å². The van der Waals surface area contributed by atoms with Gasteiger partial charge in [-0.25, -0.2) is 9.97 Å². The number of nitrogens with one attached hydrogen (secondary N) is 1. The maximum absolute atomic E-state index is 12.9. The number of nitrogens with zero attached hydrogens (tertiary/aromatic N) is 2. The molecule has 0 fully saturated rings. The topological polar surface area (TPSA) is 54.9 Å². The summed E-state index contributed by atoms with van der Waals surface area (Å²) in [4.78, 5) is 23.1. The average Bonchev–Trinajstić information content (AvgIpc) is 3.21. The normalized spacial score (nSPS) is 13.7. The van der Waals surface area contributed by atoms with Crippen molar-refractivity contribution in [1.82, 2.24) is 9.97 Å². The molecule has 4 nitrogen and oxygen atoms in total. The summed E-state index contributed by atoms with van der Waals surface area (Å²) in [6.07, 6.45) is 0.0166. The first-order chi connectivity index (χ1) is 13.3. The van der Waals surface area contributed by atoms with Crippen LogP contribution in [0.2, 0.25) is 5.02 Å². The molecule has 0 unspecified atom stereocenters. The summed E-state index contributed by atoms with van der Waals surface area (Å²) in [7, 11) is 0. The Labute approximate surface area is 171 Å². The number of anilines is 1. The van der Waals surface area contributed by atoms with Gasteiger partial charge in [0, 0.05) is 16.0 Å². The van der Waals surface area contributed by atoms with Crippen molar-refractivity contribution in [3.63, 3.8) is 0 Å². The molecule has 1 aliphatic carbocycles. The molecular formula is C18H13ClF3N3OS2. The second-order valence-corrected chi connectivity index (χ2v) is 8.70. The number of carbonyl (C=O) groups is 1. The molecular weight excluding hydrogens is 431 g/mol. The van der Waals surface area contributed by atoms with E-state index >= 15 is 0 Å². The molecule has 0 radical (unpaired) electrons. The van der Waals surface area contributed by atoms with Crippen molar-refractivity contribution in [2.45, 2.75) is 30.5 Å². The van der Waals surface area contributed by atoms with E-state index in [0.29, 0.717) is 0 Å². The van der Waals surface area contributed by atoms with E-state index in [2.05, 4.69) is 15.3 Å². The van der Waals surface area contributed by atoms with Crippen LogP contribution >= 0.6 is 34.7 Å². The summed E-state index contributed by atoms with van der Waals surface area (Å²) in [6, 6.07) is 3.30. The molecule has 28 heavy (non-hydrogen) atoms. The van der Waals surface area contributed by atoms with E-state index in [1.165, 1.54) is 34.6 Å². The summed E-state index contributed by atoms with van der Waals surface area (Å²) in [5, 5.41) is 3.81. The fourth-order valence-corrected chi connectivity index (χ4v) is 5.50. The molecule has 0 aliphatic heterocycles. The molecule has 2 heterocycles. The van der Waals surface area contributed by atoms with Crippen LogP contribution < -0.4 is 5.32 Å². The van der Waals surface area contributed by atoms with Crippen LogP contribution in [0.1, 0.15) is 22.4 Å². The quantitative estimate of drug-likeness (QED) is 0.422. The molecule has 0 atom stereocenters. The molecule has 1 aromatic carbocycles. The van der Waals surface area contributed by atoms with Crippen molar-refractivity contribution in [1.29, 1.82) is 0 Å². The van der Waals surface area contributed by atoms with Crippen LogP contribution in [0.3, 0.4) is 0 Å². The number of thioether (sulfide) groups is 1. The summed E-state index contributed by atoms with van der Waals surface area (Å²) >= 11 is 8.51. The number of rotatable bonds is 4. The summed E-state index contributed by atoms with van der Waals surface area (Å²) in [6.45, 7) is 0. The van der Waals surface area contributed by atoms with E-state index in [-0.39, 0.29) is 11.4 Å². The summed E-state index contributed by atoms with van der Waals surface area (Å²) in [5.74, 6) is -0.389. The minimum absolute atomic E-state index is 0.0285. The van der Waals surface area contributed by atoms with Gasteiger partial charge in [0.2, 0.25) is 5.91 Å². The number of hydrogen-bond donors (Lipinski definition) is 1. The van der Waals surface area contributed by atoms with Gasteiger partial charge in [-0.15, -0.1) is 11.3 Å². The summed E-state index contributed by atoms with van der Waals surface area (Å²) in [5.41, 5.74) is 0.327. The third kappa shape index (κ3) is 3.83. The summed E-state index contributed by atoms with van der Waals surface area (Å²) < 4.78 is 38.8. The Morgan fingerprint density at radius 1 is 1.29 bits per heavy atom. The van der Waals surface area contributed by atoms with Crippen LogP contribution in [-0.4, -0.2) is 21.6 Å². The van der Waals surface area contributed by atoms with Crippen molar-refractivity contribution < 1.29 is 18.0 Å². The standard InChI is InChI=1S/C18H13ClF3N3OS2/c19-12-5-4-9(6-11(12)18(20,21)22)25-14(26)7-27-16-15-10-2-1-3-13(10)28-17(15)24-8-23-16/h4-6,8H,1-3,7H2,(H,25,26). The minimum Gasteiger partial charge on any atom is -0.325 e. The van der Waals surface area contributed by atoms with Gasteiger partial charge >= 0.3 is 6.18 Å². The number of thiophene rings is 1. The van der Waals surface area contributed by atoms with Gasteiger partial charge in [-0.1, -0.05) is 23.4 Å². The highest BCUT2D eigenvalue weighted by molar-refractivity contribution is 8.00. The van der Waals surface area contributed by atoms with Crippen LogP contribution in [0, 0.1) is 0 Å². The van der Waals surface area contributed by atoms with Gasteiger partial charge in [-0.2, -0.15) is 13.2 Å². The highest BCUT2D eigenvalue weighted by Gasteiger charge is 2.33. The number of amides is 1. The number of hydrogen-bond acceptors (Lipinski definition) is 5. The maximum atomic E-state index is 12.9. The fraction of sp³-hybridized carbons (Fsp3) is 0.278. The zero-order chi connectivity index (χ0) is 19.9. The minimum atomic E-state index is -4.58. The largest absolute Gasteiger partial charge is 0.417 e. The van der Waals surface area contributed by atoms with Crippen LogP contribution in [0.5, 0.6) is 0 Å². The SMILES string of the molecule is O=C(CSc1ncnc2sc3c(c12)CCC3)Nc1ccc(Cl)c(C(F)(F)F)c1. The van der Waals surface area contributed by atoms with E-state index in [4.69, 9.17) is 11.6 Å². The van der Waals surface area contributed by atoms with Crippen molar-refractivity contribution in [2.24, 2.45) is 0 Å². The molecule has 3 aromatic rings. The van der Waals surface area contributed by atoms with E-state index < -0.39 is 22.7 Å². The number of aromatic nitrogens is 2. The number of aryl methyl sites for hydroxylation is 2. The molecule has 10 heteroatoms. The Morgan fingerprint density at radius 2 is 2.11 bits per heavy atom. The van der Waals surface area contributed by atoms with Gasteiger partial charge in [-0.05, 0) is 43.0 Å². The highest BCUT2D eigenvalue weighted by atomic mass is 35.5. The van der Waals surface area contributed by atoms with Gasteiger partial charge in [0.15, 0.2) is 0 Å². The van der Waals surface area contributed by atoms with Crippen molar-refractivity contribution in [3.05, 3.63) is 45.6 Å². The molecule has 1 aliphatic rings. The van der Waals surface area contributed by atoms with Crippen molar-refractivity contribution in [3.8, 4) is 0 Å². The Balaban J connectivity index is 1.48. The molecule has 4 rings (SSSR count). The highest BCUT2D eigenvalue weighted by Crippen LogP contribution is 2.40. The van der Waals surface area contributed by atoms with E-state index in [1.807, 2.05) is 0 Å². The molecule has 1 N–H and O–H groups in total. The van der Waals surface area contributed by atoms with Gasteiger partial charge in [0.05, 0.1) is 16.3 Å². The first-order valence-corrected chi connectivity index (χ1v) is 10.6. The van der Waals surface area contributed by atoms with Crippen LogP contribution in [0.15, 0.2) is 29.6 Å². The third-order valence-corrected chi connectivity index (χ3v) is 6.88. The van der Waals surface area contributed by atoms with Crippen LogP contribution in [0.4, 0.5) is 18.9 Å². The predicted octanol–water partition coefficient (Wildman–Crippen LogP) is 5.58. The number of carbonyl (C=O) groups excluding carboxylic acids is 1. The molecule has 1 amide bonds. The lowest BCUT2D eigenvalue weighted by Crippen LogP contribution is -2.15. The van der Waals surface area contributed by atoms with E-state index in [0.717, 1.165) is 46.6 Å². The first kappa shape index (κ1) is 19.5. The second kappa shape index (κ2) is 7.53. The zero-order valence-corrected chi connectivity index (χ0v) is 16.7. The molecule has 2 aromatic heterocycles. The lowest BCUT2D eigenvalue weighted by Gasteiger charge is -2.11. The number of fused-ring (bicyclic) bond motifs is 3. The van der Waals surface area contributed by atoms with Gasteiger partial charge in [0.1, 0.15) is 16.2 Å². The van der Waals surface area contributed by atoms with Crippen LogP contribution in [0.25, 0.3) is 10.2 Å². The number of alkyl halides is 3. The molecule has 0 spiro atoms. The molecule has 146 valence electrons. The molecule has 0 saturated heterocycles. The lowest BCUT2D eigenvalue weighted by atomic mass is 10.2. The zero-order valence-electron chi connectivity index (χ0n) is 14.3. The first-order valence-electron chi connectivity index (χ1n) is 8.37. The fourth-order valence-electron chi connectivity index (χ4n) is 3.16. The Hall–Kier alpha value is -1.84. The lowest BCUT2D eigenvalue weighted by molar-refractivity contribution is -0.137. The van der Waals surface area contributed by atoms with Crippen molar-refractivity contribution >= 4 is 56.5 Å². The van der Waals surface area contributed by atoms with E-state index in [9.17, 15) is 18.0 Å². The number of benzene rings is 1. The molecule has 0 saturated carbocycles. The smallest absolute Gasteiger partial charge is 0.325 e. The third-order valence-electron chi connectivity index (χ3n) is 4.36. The molecule has 0 bridgehead atoms. The monoisotopic (exact) mass is 443 g/mol. The Bertz CT molecular complexity index is 1070. The van der Waals surface area contributed by atoms with E-state index in [1.54, 1.807) is 11.3 Å². The average molecular weight is 444 g/mol. The maximum Gasteiger partial charge on any atom is 0.417 e. The Morgan fingerprint density at radius 3 is 2.89 bits per heavy atom. The number of halogens is 4. The van der Waals surface area contributed by atoms with Gasteiger partial charge in [0.25, 0.3) is 0 Å². The van der Waals surface area contributed by atoms with Crippen LogP contribution in [-0.2, 0) is 23.8 Å². The Kier molecular flexibility index (Phi) is 5.24. The van der Waals surface area contributed by atoms with Gasteiger partial charge < -0.3 is 5.32 Å². The predicted molar refractivity (Wildman–Crippen MR) is 105 cm³/mol. The van der Waals surface area contributed by atoms with Gasteiger partial charge in [-0.3, -0.25) is 4.79 Å².